The van der Waals surface area contributed by atoms with Gasteiger partial charge in [-0.2, -0.15) is 0 Å². The van der Waals surface area contributed by atoms with Crippen molar-refractivity contribution >= 4 is 17.5 Å². The standard InChI is InChI=1S/C21H17ClN2O/c1-21(15-9-11-16(22)12-10-15)19-8-3-2-7-18(19)20(25)24(21)14-17-6-4-5-13-23-17/h2-13H,14H2,1H3. The normalized spacial score (nSPS) is 19.1. The second kappa shape index (κ2) is 6.01. The molecule has 1 amide bonds. The summed E-state index contributed by atoms with van der Waals surface area (Å²) in [6, 6.07) is 21.3. The van der Waals surface area contributed by atoms with Crippen molar-refractivity contribution in [2.45, 2.75) is 19.0 Å². The molecule has 0 bridgehead atoms. The molecule has 1 aromatic heterocycles. The molecular weight excluding hydrogens is 332 g/mol. The van der Waals surface area contributed by atoms with Gasteiger partial charge >= 0.3 is 0 Å². The van der Waals surface area contributed by atoms with E-state index in [2.05, 4.69) is 11.9 Å². The van der Waals surface area contributed by atoms with E-state index in [1.54, 1.807) is 6.20 Å². The van der Waals surface area contributed by atoms with Gasteiger partial charge in [0.2, 0.25) is 0 Å². The van der Waals surface area contributed by atoms with Crippen LogP contribution in [0.1, 0.15) is 34.1 Å². The molecule has 1 atom stereocenters. The fourth-order valence-corrected chi connectivity index (χ4v) is 3.68. The van der Waals surface area contributed by atoms with Crippen molar-refractivity contribution in [3.63, 3.8) is 0 Å². The van der Waals surface area contributed by atoms with E-state index in [-0.39, 0.29) is 5.91 Å². The highest BCUT2D eigenvalue weighted by Crippen LogP contribution is 2.44. The first-order valence-electron chi connectivity index (χ1n) is 8.18. The molecule has 1 unspecified atom stereocenters. The Balaban J connectivity index is 1.87. The Bertz CT molecular complexity index is 924. The number of benzene rings is 2. The molecule has 4 rings (SSSR count). The molecule has 0 saturated carbocycles. The molecule has 4 heteroatoms. The summed E-state index contributed by atoms with van der Waals surface area (Å²) in [5.41, 5.74) is 3.10. The van der Waals surface area contributed by atoms with E-state index in [0.29, 0.717) is 11.6 Å². The molecule has 2 aromatic carbocycles. The van der Waals surface area contributed by atoms with E-state index < -0.39 is 5.54 Å². The molecule has 1 aliphatic rings. The summed E-state index contributed by atoms with van der Waals surface area (Å²) < 4.78 is 0. The number of carbonyl (C=O) groups is 1. The van der Waals surface area contributed by atoms with Crippen molar-refractivity contribution in [2.24, 2.45) is 0 Å². The molecule has 0 spiro atoms. The number of pyridine rings is 1. The highest BCUT2D eigenvalue weighted by atomic mass is 35.5. The molecule has 124 valence electrons. The summed E-state index contributed by atoms with van der Waals surface area (Å²) >= 11 is 6.07. The van der Waals surface area contributed by atoms with E-state index in [1.165, 1.54) is 0 Å². The van der Waals surface area contributed by atoms with Crippen LogP contribution < -0.4 is 0 Å². The Morgan fingerprint density at radius 2 is 1.72 bits per heavy atom. The Kier molecular flexibility index (Phi) is 3.81. The zero-order chi connectivity index (χ0) is 17.4. The zero-order valence-corrected chi connectivity index (χ0v) is 14.6. The lowest BCUT2D eigenvalue weighted by atomic mass is 9.84. The van der Waals surface area contributed by atoms with Crippen LogP contribution >= 0.6 is 11.6 Å². The van der Waals surface area contributed by atoms with Crippen molar-refractivity contribution in [1.29, 1.82) is 0 Å². The molecule has 3 aromatic rings. The van der Waals surface area contributed by atoms with Crippen LogP contribution in [0, 0.1) is 0 Å². The molecule has 3 nitrogen and oxygen atoms in total. The molecule has 0 fully saturated rings. The monoisotopic (exact) mass is 348 g/mol. The molecule has 25 heavy (non-hydrogen) atoms. The summed E-state index contributed by atoms with van der Waals surface area (Å²) in [6.45, 7) is 2.54. The molecule has 2 heterocycles. The van der Waals surface area contributed by atoms with E-state index in [9.17, 15) is 4.79 Å². The fraction of sp³-hybridized carbons (Fsp3) is 0.143. The third-order valence-corrected chi connectivity index (χ3v) is 5.17. The SMILES string of the molecule is CC1(c2ccc(Cl)cc2)c2ccccc2C(=O)N1Cc1ccccn1. The van der Waals surface area contributed by atoms with Crippen LogP contribution in [0.3, 0.4) is 0 Å². The van der Waals surface area contributed by atoms with Crippen LogP contribution in [0.15, 0.2) is 72.9 Å². The highest BCUT2D eigenvalue weighted by Gasteiger charge is 2.47. The number of carbonyl (C=O) groups excluding carboxylic acids is 1. The first-order chi connectivity index (χ1) is 12.1. The second-order valence-electron chi connectivity index (χ2n) is 6.34. The highest BCUT2D eigenvalue weighted by molar-refractivity contribution is 6.30. The van der Waals surface area contributed by atoms with Gasteiger partial charge in [0.1, 0.15) is 0 Å². The Labute approximate surface area is 151 Å². The van der Waals surface area contributed by atoms with Crippen molar-refractivity contribution in [1.82, 2.24) is 9.88 Å². The van der Waals surface area contributed by atoms with Crippen molar-refractivity contribution in [3.05, 3.63) is 100 Å². The average molecular weight is 349 g/mol. The largest absolute Gasteiger partial charge is 0.319 e. The van der Waals surface area contributed by atoms with Gasteiger partial charge < -0.3 is 4.90 Å². The maximum absolute atomic E-state index is 13.1. The second-order valence-corrected chi connectivity index (χ2v) is 6.77. The van der Waals surface area contributed by atoms with Crippen molar-refractivity contribution in [2.75, 3.05) is 0 Å². The number of hydrogen-bond donors (Lipinski definition) is 0. The first-order valence-corrected chi connectivity index (χ1v) is 8.56. The minimum Gasteiger partial charge on any atom is -0.319 e. The van der Waals surface area contributed by atoms with E-state index in [1.807, 2.05) is 71.6 Å². The van der Waals surface area contributed by atoms with Crippen molar-refractivity contribution in [3.8, 4) is 0 Å². The number of rotatable bonds is 3. The van der Waals surface area contributed by atoms with E-state index in [4.69, 9.17) is 11.6 Å². The minimum absolute atomic E-state index is 0.0266. The van der Waals surface area contributed by atoms with Gasteiger partial charge in [0.15, 0.2) is 0 Å². The van der Waals surface area contributed by atoms with Crippen LogP contribution in [0.4, 0.5) is 0 Å². The predicted octanol–water partition coefficient (Wildman–Crippen LogP) is 4.65. The number of fused-ring (bicyclic) bond motifs is 1. The Hall–Kier alpha value is -2.65. The average Bonchev–Trinajstić information content (AvgIpc) is 2.86. The maximum Gasteiger partial charge on any atom is 0.255 e. The van der Waals surface area contributed by atoms with Gasteiger partial charge in [0, 0.05) is 16.8 Å². The number of hydrogen-bond acceptors (Lipinski definition) is 2. The summed E-state index contributed by atoms with van der Waals surface area (Å²) in [4.78, 5) is 19.4. The summed E-state index contributed by atoms with van der Waals surface area (Å²) in [6.07, 6.45) is 1.75. The van der Waals surface area contributed by atoms with Gasteiger partial charge in [-0.3, -0.25) is 9.78 Å². The zero-order valence-electron chi connectivity index (χ0n) is 13.8. The molecule has 0 aliphatic carbocycles. The van der Waals surface area contributed by atoms with Crippen molar-refractivity contribution < 1.29 is 4.79 Å². The summed E-state index contributed by atoms with van der Waals surface area (Å²) in [7, 11) is 0. The number of amides is 1. The molecule has 0 N–H and O–H groups in total. The third kappa shape index (κ3) is 2.52. The predicted molar refractivity (Wildman–Crippen MR) is 98.5 cm³/mol. The van der Waals surface area contributed by atoms with Crippen LogP contribution in [-0.4, -0.2) is 15.8 Å². The van der Waals surface area contributed by atoms with Crippen LogP contribution in [0.2, 0.25) is 5.02 Å². The van der Waals surface area contributed by atoms with Crippen LogP contribution in [0.5, 0.6) is 0 Å². The number of halogens is 1. The molecular formula is C21H17ClN2O. The van der Waals surface area contributed by atoms with Gasteiger partial charge in [-0.1, -0.05) is 48.0 Å². The molecule has 0 radical (unpaired) electrons. The maximum atomic E-state index is 13.1. The quantitative estimate of drug-likeness (QED) is 0.690. The Morgan fingerprint density at radius 1 is 1.00 bits per heavy atom. The lowest BCUT2D eigenvalue weighted by Crippen LogP contribution is -2.42. The fourth-order valence-electron chi connectivity index (χ4n) is 3.56. The Morgan fingerprint density at radius 3 is 2.44 bits per heavy atom. The lowest BCUT2D eigenvalue weighted by Gasteiger charge is -2.36. The van der Waals surface area contributed by atoms with Gasteiger partial charge in [-0.05, 0) is 48.4 Å². The third-order valence-electron chi connectivity index (χ3n) is 4.92. The smallest absolute Gasteiger partial charge is 0.255 e. The van der Waals surface area contributed by atoms with E-state index in [0.717, 1.165) is 22.4 Å². The van der Waals surface area contributed by atoms with Gasteiger partial charge in [0.25, 0.3) is 5.91 Å². The minimum atomic E-state index is -0.560. The van der Waals surface area contributed by atoms with Gasteiger partial charge in [-0.25, -0.2) is 0 Å². The van der Waals surface area contributed by atoms with Gasteiger partial charge in [0.05, 0.1) is 17.8 Å². The summed E-state index contributed by atoms with van der Waals surface area (Å²) in [5, 5.41) is 0.682. The lowest BCUT2D eigenvalue weighted by molar-refractivity contribution is 0.0626. The van der Waals surface area contributed by atoms with Crippen LogP contribution in [-0.2, 0) is 12.1 Å². The van der Waals surface area contributed by atoms with Crippen LogP contribution in [0.25, 0.3) is 0 Å². The number of nitrogens with zero attached hydrogens (tertiary/aromatic N) is 2. The topological polar surface area (TPSA) is 33.2 Å². The molecule has 1 aliphatic heterocycles. The number of aromatic nitrogens is 1. The van der Waals surface area contributed by atoms with Gasteiger partial charge in [-0.15, -0.1) is 0 Å². The summed E-state index contributed by atoms with van der Waals surface area (Å²) in [5.74, 6) is 0.0266. The van der Waals surface area contributed by atoms with E-state index >= 15 is 0 Å². The first kappa shape index (κ1) is 15.9. The molecule has 0 saturated heterocycles.